The molecule has 5 nitrogen and oxygen atoms in total. The number of esters is 1. The van der Waals surface area contributed by atoms with E-state index in [1.165, 1.54) is 12.1 Å². The van der Waals surface area contributed by atoms with E-state index in [1.807, 2.05) is 13.8 Å². The molecule has 0 fully saturated rings. The van der Waals surface area contributed by atoms with Gasteiger partial charge in [0.1, 0.15) is 6.61 Å². The highest BCUT2D eigenvalue weighted by Crippen LogP contribution is 2.29. The van der Waals surface area contributed by atoms with Gasteiger partial charge in [0.15, 0.2) is 0 Å². The molecular formula is C13H16Cl2N2O3. The van der Waals surface area contributed by atoms with Crippen molar-refractivity contribution in [2.45, 2.75) is 26.3 Å². The normalized spacial score (nSPS) is 10.4. The molecule has 1 rings (SSSR count). The highest BCUT2D eigenvalue weighted by atomic mass is 35.5. The van der Waals surface area contributed by atoms with Gasteiger partial charge in [-0.2, -0.15) is 0 Å². The molecule has 0 aliphatic rings. The molecular weight excluding hydrogens is 303 g/mol. The Hall–Kier alpha value is -1.46. The second-order valence-corrected chi connectivity index (χ2v) is 5.26. The maximum Gasteiger partial charge on any atom is 0.339 e. The number of nitrogens with two attached hydrogens (primary N) is 1. The number of carbonyl (C=O) groups excluding carboxylic acids is 2. The van der Waals surface area contributed by atoms with Gasteiger partial charge < -0.3 is 15.8 Å². The van der Waals surface area contributed by atoms with Crippen LogP contribution in [0.3, 0.4) is 0 Å². The summed E-state index contributed by atoms with van der Waals surface area (Å²) in [6.07, 6.45) is 0.0809. The largest absolute Gasteiger partial charge is 0.462 e. The lowest BCUT2D eigenvalue weighted by atomic mass is 10.2. The predicted molar refractivity (Wildman–Crippen MR) is 79.1 cm³/mol. The monoisotopic (exact) mass is 318 g/mol. The highest BCUT2D eigenvalue weighted by molar-refractivity contribution is 6.44. The molecule has 0 bridgehead atoms. The first-order valence-electron chi connectivity index (χ1n) is 6.02. The summed E-state index contributed by atoms with van der Waals surface area (Å²) in [5.74, 6) is -0.856. The minimum Gasteiger partial charge on any atom is -0.462 e. The summed E-state index contributed by atoms with van der Waals surface area (Å²) in [6, 6.07) is 2.86. The van der Waals surface area contributed by atoms with Gasteiger partial charge in [-0.25, -0.2) is 4.79 Å². The summed E-state index contributed by atoms with van der Waals surface area (Å²) in [4.78, 5) is 23.2. The van der Waals surface area contributed by atoms with Crippen LogP contribution in [0.4, 0.5) is 5.69 Å². The fraction of sp³-hybridized carbons (Fsp3) is 0.385. The van der Waals surface area contributed by atoms with Crippen molar-refractivity contribution < 1.29 is 14.3 Å². The molecule has 0 radical (unpaired) electrons. The van der Waals surface area contributed by atoms with E-state index in [4.69, 9.17) is 33.7 Å². The minimum absolute atomic E-state index is 0.0415. The molecule has 0 aliphatic carbocycles. The second kappa shape index (κ2) is 7.36. The van der Waals surface area contributed by atoms with Crippen LogP contribution in [-0.2, 0) is 9.53 Å². The summed E-state index contributed by atoms with van der Waals surface area (Å²) >= 11 is 11.7. The van der Waals surface area contributed by atoms with E-state index < -0.39 is 5.97 Å². The quantitative estimate of drug-likeness (QED) is 0.646. The number of anilines is 1. The Labute approximate surface area is 127 Å². The van der Waals surface area contributed by atoms with Gasteiger partial charge in [0.05, 0.1) is 22.0 Å². The Morgan fingerprint density at radius 1 is 1.35 bits per heavy atom. The van der Waals surface area contributed by atoms with Crippen molar-refractivity contribution in [3.8, 4) is 0 Å². The number of ether oxygens (including phenoxy) is 1. The fourth-order valence-electron chi connectivity index (χ4n) is 1.47. The lowest BCUT2D eigenvalue weighted by molar-refractivity contribution is -0.122. The third-order valence-corrected chi connectivity index (χ3v) is 3.08. The molecule has 1 aromatic rings. The van der Waals surface area contributed by atoms with Crippen molar-refractivity contribution in [1.29, 1.82) is 0 Å². The number of rotatable bonds is 5. The van der Waals surface area contributed by atoms with Crippen molar-refractivity contribution in [3.05, 3.63) is 27.7 Å². The number of nitrogen functional groups attached to an aromatic ring is 1. The molecule has 20 heavy (non-hydrogen) atoms. The van der Waals surface area contributed by atoms with E-state index in [0.29, 0.717) is 5.69 Å². The maximum absolute atomic E-state index is 11.8. The molecule has 0 saturated carbocycles. The number of nitrogens with one attached hydrogen (secondary N) is 1. The Kier molecular flexibility index (Phi) is 6.10. The lowest BCUT2D eigenvalue weighted by Crippen LogP contribution is -2.31. The number of carbonyl (C=O) groups is 2. The lowest BCUT2D eigenvalue weighted by Gasteiger charge is -2.10. The zero-order chi connectivity index (χ0) is 15.3. The van der Waals surface area contributed by atoms with Crippen LogP contribution in [0, 0.1) is 0 Å². The topological polar surface area (TPSA) is 81.4 Å². The number of hydrogen-bond donors (Lipinski definition) is 2. The summed E-state index contributed by atoms with van der Waals surface area (Å²) in [5, 5.41) is 2.95. The van der Waals surface area contributed by atoms with E-state index in [0.717, 1.165) is 0 Å². The second-order valence-electron chi connectivity index (χ2n) is 4.47. The van der Waals surface area contributed by atoms with Crippen LogP contribution in [0.15, 0.2) is 12.1 Å². The molecule has 7 heteroatoms. The number of benzene rings is 1. The summed E-state index contributed by atoms with van der Waals surface area (Å²) in [7, 11) is 0. The van der Waals surface area contributed by atoms with Crippen LogP contribution in [0.5, 0.6) is 0 Å². The van der Waals surface area contributed by atoms with Gasteiger partial charge in [-0.3, -0.25) is 4.79 Å². The first-order chi connectivity index (χ1) is 9.31. The zero-order valence-electron chi connectivity index (χ0n) is 11.2. The van der Waals surface area contributed by atoms with Crippen LogP contribution in [0.2, 0.25) is 10.0 Å². The number of hydrogen-bond acceptors (Lipinski definition) is 4. The molecule has 110 valence electrons. The van der Waals surface area contributed by atoms with Crippen molar-refractivity contribution in [1.82, 2.24) is 5.32 Å². The Morgan fingerprint density at radius 3 is 2.60 bits per heavy atom. The van der Waals surface area contributed by atoms with E-state index in [1.54, 1.807) is 0 Å². The van der Waals surface area contributed by atoms with Gasteiger partial charge in [0.25, 0.3) is 0 Å². The van der Waals surface area contributed by atoms with Crippen LogP contribution in [0.1, 0.15) is 30.6 Å². The molecule has 0 aliphatic heterocycles. The Balaban J connectivity index is 2.58. The van der Waals surface area contributed by atoms with Crippen molar-refractivity contribution in [2.24, 2.45) is 0 Å². The van der Waals surface area contributed by atoms with E-state index in [-0.39, 0.29) is 40.6 Å². The van der Waals surface area contributed by atoms with Gasteiger partial charge in [-0.1, -0.05) is 23.2 Å². The van der Waals surface area contributed by atoms with Crippen molar-refractivity contribution >= 4 is 40.8 Å². The van der Waals surface area contributed by atoms with Gasteiger partial charge in [-0.15, -0.1) is 0 Å². The molecule has 0 spiro atoms. The highest BCUT2D eigenvalue weighted by Gasteiger charge is 2.16. The van der Waals surface area contributed by atoms with Crippen LogP contribution < -0.4 is 11.1 Å². The fourth-order valence-corrected chi connectivity index (χ4v) is 1.88. The predicted octanol–water partition coefficient (Wildman–Crippen LogP) is 2.65. The first kappa shape index (κ1) is 16.6. The third-order valence-electron chi connectivity index (χ3n) is 2.28. The van der Waals surface area contributed by atoms with Crippen LogP contribution in [0.25, 0.3) is 0 Å². The van der Waals surface area contributed by atoms with Crippen molar-refractivity contribution in [2.75, 3.05) is 12.3 Å². The molecule has 0 atom stereocenters. The first-order valence-corrected chi connectivity index (χ1v) is 6.78. The molecule has 0 heterocycles. The minimum atomic E-state index is -0.665. The van der Waals surface area contributed by atoms with E-state index >= 15 is 0 Å². The number of amides is 1. The maximum atomic E-state index is 11.8. The summed E-state index contributed by atoms with van der Waals surface area (Å²) in [6.45, 7) is 3.65. The molecule has 0 saturated heterocycles. The Bertz CT molecular complexity index is 519. The van der Waals surface area contributed by atoms with Gasteiger partial charge in [-0.05, 0) is 26.0 Å². The number of halogens is 2. The molecule has 3 N–H and O–H groups in total. The Morgan fingerprint density at radius 2 is 2.00 bits per heavy atom. The average Bonchev–Trinajstić information content (AvgIpc) is 2.32. The standard InChI is InChI=1S/C13H16Cl2N2O3/c1-7(2)17-11(18)3-4-20-13(19)9-5-8(16)6-10(14)12(9)15/h5-7H,3-4,16H2,1-2H3,(H,17,18). The zero-order valence-corrected chi connectivity index (χ0v) is 12.7. The van der Waals surface area contributed by atoms with Gasteiger partial charge >= 0.3 is 5.97 Å². The summed E-state index contributed by atoms with van der Waals surface area (Å²) in [5.41, 5.74) is 5.98. The van der Waals surface area contributed by atoms with E-state index in [2.05, 4.69) is 5.32 Å². The third kappa shape index (κ3) is 4.90. The van der Waals surface area contributed by atoms with Gasteiger partial charge in [0, 0.05) is 11.7 Å². The molecule has 1 amide bonds. The van der Waals surface area contributed by atoms with E-state index in [9.17, 15) is 9.59 Å². The summed E-state index contributed by atoms with van der Waals surface area (Å²) < 4.78 is 4.97. The van der Waals surface area contributed by atoms with Crippen LogP contribution >= 0.6 is 23.2 Å². The molecule has 0 aromatic heterocycles. The van der Waals surface area contributed by atoms with Gasteiger partial charge in [0.2, 0.25) is 5.91 Å². The smallest absolute Gasteiger partial charge is 0.339 e. The molecule has 0 unspecified atom stereocenters. The average molecular weight is 319 g/mol. The van der Waals surface area contributed by atoms with Crippen molar-refractivity contribution in [3.63, 3.8) is 0 Å². The molecule has 1 aromatic carbocycles. The van der Waals surface area contributed by atoms with Crippen LogP contribution in [-0.4, -0.2) is 24.5 Å². The SMILES string of the molecule is CC(C)NC(=O)CCOC(=O)c1cc(N)cc(Cl)c1Cl.